The van der Waals surface area contributed by atoms with E-state index in [0.29, 0.717) is 5.02 Å². The third kappa shape index (κ3) is 1.70. The molecule has 0 aromatic heterocycles. The molecule has 0 bridgehead atoms. The second-order valence-electron chi connectivity index (χ2n) is 3.38. The van der Waals surface area contributed by atoms with Gasteiger partial charge in [-0.05, 0) is 23.6 Å². The van der Waals surface area contributed by atoms with Crippen LogP contribution in [0.5, 0.6) is 0 Å². The molecule has 1 aromatic rings. The van der Waals surface area contributed by atoms with Crippen molar-refractivity contribution in [2.24, 2.45) is 0 Å². The van der Waals surface area contributed by atoms with Gasteiger partial charge < -0.3 is 10.4 Å². The number of aliphatic hydroxyl groups is 1. The van der Waals surface area contributed by atoms with Crippen LogP contribution in [0.1, 0.15) is 17.2 Å². The van der Waals surface area contributed by atoms with E-state index < -0.39 is 6.10 Å². The second kappa shape index (κ2) is 3.97. The smallest absolute Gasteiger partial charge is 0.0925 e. The first-order valence-electron chi connectivity index (χ1n) is 4.52. The minimum atomic E-state index is -0.625. The molecule has 2 rings (SSSR count). The molecule has 1 heterocycles. The maximum absolute atomic E-state index is 9.57. The van der Waals surface area contributed by atoms with Gasteiger partial charge in [0.25, 0.3) is 0 Å². The maximum atomic E-state index is 9.57. The number of halogens is 2. The van der Waals surface area contributed by atoms with Crippen molar-refractivity contribution in [2.75, 3.05) is 17.7 Å². The van der Waals surface area contributed by atoms with Gasteiger partial charge in [0.15, 0.2) is 0 Å². The second-order valence-corrected chi connectivity index (χ2v) is 4.10. The highest BCUT2D eigenvalue weighted by atomic mass is 35.5. The minimum absolute atomic E-state index is 0.197. The third-order valence-corrected chi connectivity index (χ3v) is 3.01. The Kier molecular flexibility index (Phi) is 2.86. The van der Waals surface area contributed by atoms with Crippen LogP contribution in [0.25, 0.3) is 0 Å². The molecular weight excluding hydrogens is 221 g/mol. The molecule has 0 radical (unpaired) electrons. The van der Waals surface area contributed by atoms with Crippen LogP contribution in [0.15, 0.2) is 12.1 Å². The Balaban J connectivity index is 2.41. The van der Waals surface area contributed by atoms with Crippen LogP contribution < -0.4 is 5.32 Å². The van der Waals surface area contributed by atoms with Gasteiger partial charge in [0.2, 0.25) is 0 Å². The average molecular weight is 232 g/mol. The predicted molar refractivity (Wildman–Crippen MR) is 59.3 cm³/mol. The largest absolute Gasteiger partial charge is 0.387 e. The third-order valence-electron chi connectivity index (χ3n) is 2.42. The molecule has 76 valence electrons. The van der Waals surface area contributed by atoms with Gasteiger partial charge in [0, 0.05) is 6.54 Å². The van der Waals surface area contributed by atoms with Gasteiger partial charge in [-0.3, -0.25) is 0 Å². The Morgan fingerprint density at radius 3 is 3.00 bits per heavy atom. The van der Waals surface area contributed by atoms with Crippen LogP contribution in [0.3, 0.4) is 0 Å². The fourth-order valence-corrected chi connectivity index (χ4v) is 2.18. The topological polar surface area (TPSA) is 32.3 Å². The first-order chi connectivity index (χ1) is 6.72. The van der Waals surface area contributed by atoms with Gasteiger partial charge in [-0.15, -0.1) is 11.6 Å². The van der Waals surface area contributed by atoms with E-state index in [-0.39, 0.29) is 5.88 Å². The summed E-state index contributed by atoms with van der Waals surface area (Å²) in [6.07, 6.45) is 0.331. The van der Waals surface area contributed by atoms with Gasteiger partial charge in [-0.1, -0.05) is 17.7 Å². The number of benzene rings is 1. The average Bonchev–Trinajstić information content (AvgIpc) is 2.64. The molecule has 0 spiro atoms. The van der Waals surface area contributed by atoms with Crippen molar-refractivity contribution >= 4 is 28.9 Å². The molecule has 0 aliphatic carbocycles. The summed E-state index contributed by atoms with van der Waals surface area (Å²) in [4.78, 5) is 0. The van der Waals surface area contributed by atoms with E-state index >= 15 is 0 Å². The Hall–Kier alpha value is -0.440. The SMILES string of the molecule is OC(CCl)c1cc(Cl)c2c(c1)CCN2. The van der Waals surface area contributed by atoms with Crippen molar-refractivity contribution in [3.05, 3.63) is 28.3 Å². The van der Waals surface area contributed by atoms with E-state index in [2.05, 4.69) is 5.32 Å². The van der Waals surface area contributed by atoms with Crippen molar-refractivity contribution < 1.29 is 5.11 Å². The van der Waals surface area contributed by atoms with E-state index in [4.69, 9.17) is 23.2 Å². The van der Waals surface area contributed by atoms with Crippen molar-refractivity contribution in [1.82, 2.24) is 0 Å². The van der Waals surface area contributed by atoms with E-state index in [9.17, 15) is 5.11 Å². The summed E-state index contributed by atoms with van der Waals surface area (Å²) in [5.74, 6) is 0.197. The molecule has 14 heavy (non-hydrogen) atoms. The maximum Gasteiger partial charge on any atom is 0.0925 e. The number of nitrogens with one attached hydrogen (secondary N) is 1. The summed E-state index contributed by atoms with van der Waals surface area (Å²) in [5.41, 5.74) is 2.96. The van der Waals surface area contributed by atoms with Crippen molar-refractivity contribution in [3.63, 3.8) is 0 Å². The summed E-state index contributed by atoms with van der Waals surface area (Å²) < 4.78 is 0. The van der Waals surface area contributed by atoms with Crippen LogP contribution in [-0.2, 0) is 6.42 Å². The van der Waals surface area contributed by atoms with Gasteiger partial charge in [0.1, 0.15) is 0 Å². The molecule has 2 N–H and O–H groups in total. The molecule has 1 aliphatic heterocycles. The lowest BCUT2D eigenvalue weighted by Gasteiger charge is -2.10. The van der Waals surface area contributed by atoms with Gasteiger partial charge in [0.05, 0.1) is 22.7 Å². The van der Waals surface area contributed by atoms with Crippen LogP contribution in [0.2, 0.25) is 5.02 Å². The number of alkyl halides is 1. The lowest BCUT2D eigenvalue weighted by molar-refractivity contribution is 0.202. The molecule has 0 saturated heterocycles. The van der Waals surface area contributed by atoms with Gasteiger partial charge in [-0.25, -0.2) is 0 Å². The van der Waals surface area contributed by atoms with Crippen LogP contribution in [0, 0.1) is 0 Å². The summed E-state index contributed by atoms with van der Waals surface area (Å²) in [6, 6.07) is 3.74. The molecule has 1 unspecified atom stereocenters. The molecule has 1 aromatic carbocycles. The summed E-state index contributed by atoms with van der Waals surface area (Å²) in [5, 5.41) is 13.4. The lowest BCUT2D eigenvalue weighted by Crippen LogP contribution is -1.99. The normalized spacial score (nSPS) is 16.2. The quantitative estimate of drug-likeness (QED) is 0.768. The zero-order chi connectivity index (χ0) is 10.1. The number of hydrogen-bond donors (Lipinski definition) is 2. The zero-order valence-electron chi connectivity index (χ0n) is 7.56. The van der Waals surface area contributed by atoms with Crippen molar-refractivity contribution in [3.8, 4) is 0 Å². The van der Waals surface area contributed by atoms with Crippen LogP contribution in [-0.4, -0.2) is 17.5 Å². The molecule has 0 fully saturated rings. The highest BCUT2D eigenvalue weighted by Crippen LogP contribution is 2.33. The van der Waals surface area contributed by atoms with Crippen LogP contribution in [0.4, 0.5) is 5.69 Å². The van der Waals surface area contributed by atoms with E-state index in [1.807, 2.05) is 6.07 Å². The summed E-state index contributed by atoms with van der Waals surface area (Å²) in [6.45, 7) is 0.912. The van der Waals surface area contributed by atoms with Crippen LogP contribution >= 0.6 is 23.2 Å². The monoisotopic (exact) mass is 231 g/mol. The Bertz CT molecular complexity index is 354. The highest BCUT2D eigenvalue weighted by molar-refractivity contribution is 6.33. The summed E-state index contributed by atoms with van der Waals surface area (Å²) >= 11 is 11.6. The minimum Gasteiger partial charge on any atom is -0.387 e. The number of rotatable bonds is 2. The number of anilines is 1. The van der Waals surface area contributed by atoms with Crippen molar-refractivity contribution in [1.29, 1.82) is 0 Å². The Morgan fingerprint density at radius 1 is 1.50 bits per heavy atom. The Morgan fingerprint density at radius 2 is 2.29 bits per heavy atom. The molecule has 4 heteroatoms. The molecule has 0 saturated carbocycles. The summed E-state index contributed by atoms with van der Waals surface area (Å²) in [7, 11) is 0. The Labute approximate surface area is 92.8 Å². The highest BCUT2D eigenvalue weighted by Gasteiger charge is 2.17. The van der Waals surface area contributed by atoms with E-state index in [0.717, 1.165) is 29.8 Å². The molecule has 2 nitrogen and oxygen atoms in total. The van der Waals surface area contributed by atoms with E-state index in [1.54, 1.807) is 6.07 Å². The van der Waals surface area contributed by atoms with E-state index in [1.165, 1.54) is 0 Å². The van der Waals surface area contributed by atoms with Crippen molar-refractivity contribution in [2.45, 2.75) is 12.5 Å². The number of aliphatic hydroxyl groups excluding tert-OH is 1. The predicted octanol–water partition coefficient (Wildman–Crippen LogP) is 2.58. The lowest BCUT2D eigenvalue weighted by atomic mass is 10.1. The zero-order valence-corrected chi connectivity index (χ0v) is 9.07. The number of fused-ring (bicyclic) bond motifs is 1. The fraction of sp³-hybridized carbons (Fsp3) is 0.400. The molecular formula is C10H11Cl2NO. The first kappa shape index (κ1) is 10.1. The molecule has 1 aliphatic rings. The van der Waals surface area contributed by atoms with Gasteiger partial charge >= 0.3 is 0 Å². The molecule has 0 amide bonds. The first-order valence-corrected chi connectivity index (χ1v) is 5.44. The number of hydrogen-bond acceptors (Lipinski definition) is 2. The van der Waals surface area contributed by atoms with Gasteiger partial charge in [-0.2, -0.15) is 0 Å². The standard InChI is InChI=1S/C10H11Cl2NO/c11-5-9(14)7-3-6-1-2-13-10(6)8(12)4-7/h3-4,9,13-14H,1-2,5H2. The fourth-order valence-electron chi connectivity index (χ4n) is 1.69. The molecule has 1 atom stereocenters.